The number of alkyl halides is 6. The minimum Gasteiger partial charge on any atom is -0.328 e. The van der Waals surface area contributed by atoms with E-state index < -0.39 is 36.9 Å². The van der Waals surface area contributed by atoms with Crippen LogP contribution in [0, 0.1) is 0 Å². The van der Waals surface area contributed by atoms with Gasteiger partial charge in [-0.1, -0.05) is 35.3 Å². The Bertz CT molecular complexity index is 1250. The van der Waals surface area contributed by atoms with Crippen LogP contribution in [0.3, 0.4) is 0 Å². The number of aliphatic imine (C=N–C) groups is 1. The van der Waals surface area contributed by atoms with Crippen molar-refractivity contribution in [2.75, 3.05) is 13.1 Å². The number of halogens is 8. The second-order valence-electron chi connectivity index (χ2n) is 8.86. The summed E-state index contributed by atoms with van der Waals surface area (Å²) in [6, 6.07) is 6.08. The molecule has 1 aliphatic carbocycles. The van der Waals surface area contributed by atoms with Gasteiger partial charge in [0.05, 0.1) is 12.8 Å². The first kappa shape index (κ1) is 27.3. The summed E-state index contributed by atoms with van der Waals surface area (Å²) in [7, 11) is 0. The van der Waals surface area contributed by atoms with Crippen LogP contribution in [0.4, 0.5) is 31.1 Å². The van der Waals surface area contributed by atoms with Crippen molar-refractivity contribution in [2.24, 2.45) is 10.1 Å². The van der Waals surface area contributed by atoms with E-state index in [4.69, 9.17) is 23.2 Å². The van der Waals surface area contributed by atoms with Gasteiger partial charge in [0.2, 0.25) is 0 Å². The van der Waals surface area contributed by atoms with Gasteiger partial charge in [-0.3, -0.25) is 4.99 Å². The standard InChI is InChI=1S/C24H20Cl2F6N4O/c25-15-6-14(7-16(26)8-15)22(24(30,31)32)9-20(33-11-22)19-5-4-13(17-2-1-3-18(17)19)10-35-36-21(37)34-12-23(27,28)29/h4-8,10H,1-3,9,11-12H2,(H2,34,36,37)/b35-10+. The topological polar surface area (TPSA) is 65.8 Å². The first-order valence-corrected chi connectivity index (χ1v) is 11.9. The number of carbonyl (C=O) groups excluding carboxylic acids is 1. The van der Waals surface area contributed by atoms with E-state index in [1.165, 1.54) is 24.4 Å². The summed E-state index contributed by atoms with van der Waals surface area (Å²) >= 11 is 12.0. The third-order valence-corrected chi connectivity index (χ3v) is 6.85. The number of fused-ring (bicyclic) bond motifs is 1. The predicted octanol–water partition coefficient (Wildman–Crippen LogP) is 6.37. The molecule has 1 unspecified atom stereocenters. The number of nitrogens with one attached hydrogen (secondary N) is 2. The van der Waals surface area contributed by atoms with Crippen LogP contribution < -0.4 is 10.7 Å². The molecule has 0 spiro atoms. The molecule has 2 aromatic rings. The Morgan fingerprint density at radius 1 is 1.05 bits per heavy atom. The molecule has 0 bridgehead atoms. The molecule has 0 radical (unpaired) electrons. The van der Waals surface area contributed by atoms with Crippen LogP contribution in [-0.2, 0) is 18.3 Å². The molecule has 2 aromatic carbocycles. The number of hydrogen-bond acceptors (Lipinski definition) is 3. The fraction of sp³-hybridized carbons (Fsp3) is 0.375. The summed E-state index contributed by atoms with van der Waals surface area (Å²) in [6.45, 7) is -2.00. The SMILES string of the molecule is O=C(NCC(F)(F)F)N/N=C/c1ccc(C2=NCC(c3cc(Cl)cc(Cl)c3)(C(F)(F)F)C2)c2c1CCC2. The van der Waals surface area contributed by atoms with Crippen LogP contribution in [0.25, 0.3) is 0 Å². The van der Waals surface area contributed by atoms with Crippen molar-refractivity contribution in [2.45, 2.75) is 43.5 Å². The summed E-state index contributed by atoms with van der Waals surface area (Å²) in [5, 5.41) is 5.54. The Balaban J connectivity index is 1.57. The normalized spacial score (nSPS) is 19.7. The van der Waals surface area contributed by atoms with Gasteiger partial charge in [0, 0.05) is 22.2 Å². The third kappa shape index (κ3) is 5.87. The Labute approximate surface area is 217 Å². The van der Waals surface area contributed by atoms with Crippen LogP contribution in [-0.4, -0.2) is 43.4 Å². The molecule has 0 fully saturated rings. The molecule has 0 saturated carbocycles. The Hall–Kier alpha value is -2.79. The summed E-state index contributed by atoms with van der Waals surface area (Å²) in [5.74, 6) is 0. The van der Waals surface area contributed by atoms with Crippen molar-refractivity contribution >= 4 is 41.2 Å². The fourth-order valence-corrected chi connectivity index (χ4v) is 5.22. The van der Waals surface area contributed by atoms with Gasteiger partial charge in [0.1, 0.15) is 12.0 Å². The average Bonchev–Trinajstić information content (AvgIpc) is 3.45. The largest absolute Gasteiger partial charge is 0.405 e. The number of carbonyl (C=O) groups is 1. The fourth-order valence-electron chi connectivity index (χ4n) is 4.69. The lowest BCUT2D eigenvalue weighted by Gasteiger charge is -2.32. The van der Waals surface area contributed by atoms with Gasteiger partial charge >= 0.3 is 18.4 Å². The average molecular weight is 565 g/mol. The molecule has 0 aromatic heterocycles. The first-order valence-electron chi connectivity index (χ1n) is 11.1. The van der Waals surface area contributed by atoms with E-state index in [-0.39, 0.29) is 22.0 Å². The maximum atomic E-state index is 14.4. The summed E-state index contributed by atoms with van der Waals surface area (Å²) in [6.07, 6.45) is -6.24. The molecular weight excluding hydrogens is 545 g/mol. The van der Waals surface area contributed by atoms with Gasteiger partial charge in [-0.05, 0) is 65.3 Å². The number of urea groups is 1. The van der Waals surface area contributed by atoms with Gasteiger partial charge in [-0.15, -0.1) is 0 Å². The Morgan fingerprint density at radius 2 is 1.73 bits per heavy atom. The Morgan fingerprint density at radius 3 is 2.38 bits per heavy atom. The van der Waals surface area contributed by atoms with Crippen LogP contribution in [0.2, 0.25) is 10.0 Å². The predicted molar refractivity (Wildman–Crippen MR) is 129 cm³/mol. The highest BCUT2D eigenvalue weighted by Gasteiger charge is 2.58. The molecule has 1 heterocycles. The van der Waals surface area contributed by atoms with E-state index in [9.17, 15) is 31.1 Å². The van der Waals surface area contributed by atoms with Crippen molar-refractivity contribution in [1.82, 2.24) is 10.7 Å². The van der Waals surface area contributed by atoms with Crippen molar-refractivity contribution in [3.63, 3.8) is 0 Å². The monoisotopic (exact) mass is 564 g/mol. The van der Waals surface area contributed by atoms with Crippen molar-refractivity contribution in [3.8, 4) is 0 Å². The lowest BCUT2D eigenvalue weighted by atomic mass is 9.76. The van der Waals surface area contributed by atoms with Gasteiger partial charge in [0.15, 0.2) is 0 Å². The highest BCUT2D eigenvalue weighted by molar-refractivity contribution is 6.34. The zero-order valence-electron chi connectivity index (χ0n) is 19.0. The molecule has 0 saturated heterocycles. The van der Waals surface area contributed by atoms with E-state index in [0.717, 1.165) is 17.5 Å². The molecule has 4 rings (SSSR count). The van der Waals surface area contributed by atoms with Gasteiger partial charge in [-0.25, -0.2) is 10.2 Å². The first-order chi connectivity index (χ1) is 17.3. The van der Waals surface area contributed by atoms with Gasteiger partial charge < -0.3 is 5.32 Å². The molecule has 198 valence electrons. The Kier molecular flexibility index (Phi) is 7.49. The van der Waals surface area contributed by atoms with Crippen LogP contribution in [0.5, 0.6) is 0 Å². The second kappa shape index (κ2) is 10.2. The van der Waals surface area contributed by atoms with E-state index >= 15 is 0 Å². The zero-order chi connectivity index (χ0) is 27.0. The minimum absolute atomic E-state index is 0.0495. The molecule has 1 atom stereocenters. The van der Waals surface area contributed by atoms with Crippen LogP contribution >= 0.6 is 23.2 Å². The molecule has 2 N–H and O–H groups in total. The molecule has 1 aliphatic heterocycles. The lowest BCUT2D eigenvalue weighted by Crippen LogP contribution is -2.43. The van der Waals surface area contributed by atoms with E-state index in [2.05, 4.69) is 10.1 Å². The zero-order valence-corrected chi connectivity index (χ0v) is 20.5. The summed E-state index contributed by atoms with van der Waals surface area (Å²) < 4.78 is 79.9. The van der Waals surface area contributed by atoms with Crippen LogP contribution in [0.15, 0.2) is 40.4 Å². The van der Waals surface area contributed by atoms with Gasteiger partial charge in [0.25, 0.3) is 0 Å². The number of benzene rings is 2. The van der Waals surface area contributed by atoms with E-state index in [0.29, 0.717) is 29.7 Å². The molecule has 13 heteroatoms. The summed E-state index contributed by atoms with van der Waals surface area (Å²) in [5.41, 5.74) is 2.87. The second-order valence-corrected chi connectivity index (χ2v) is 9.73. The molecule has 2 amide bonds. The molecule has 5 nitrogen and oxygen atoms in total. The smallest absolute Gasteiger partial charge is 0.328 e. The molecular formula is C24H20Cl2F6N4O. The molecule has 37 heavy (non-hydrogen) atoms. The quantitative estimate of drug-likeness (QED) is 0.247. The van der Waals surface area contributed by atoms with Gasteiger partial charge in [-0.2, -0.15) is 31.4 Å². The van der Waals surface area contributed by atoms with Crippen LogP contribution in [0.1, 0.15) is 40.7 Å². The molecule has 2 aliphatic rings. The highest BCUT2D eigenvalue weighted by Crippen LogP contribution is 2.49. The van der Waals surface area contributed by atoms with Crippen molar-refractivity contribution in [3.05, 3.63) is 68.2 Å². The minimum atomic E-state index is -4.61. The number of nitrogens with zero attached hydrogens (tertiary/aromatic N) is 2. The van der Waals surface area contributed by atoms with Crippen molar-refractivity contribution in [1.29, 1.82) is 0 Å². The number of hydrogen-bond donors (Lipinski definition) is 2. The van der Waals surface area contributed by atoms with E-state index in [1.807, 2.05) is 5.43 Å². The maximum Gasteiger partial charge on any atom is 0.405 e. The number of hydrazone groups is 1. The third-order valence-electron chi connectivity index (χ3n) is 6.42. The summed E-state index contributed by atoms with van der Waals surface area (Å²) in [4.78, 5) is 15.8. The lowest BCUT2D eigenvalue weighted by molar-refractivity contribution is -0.183. The van der Waals surface area contributed by atoms with Crippen molar-refractivity contribution < 1.29 is 31.1 Å². The number of rotatable bonds is 5. The number of amides is 2. The highest BCUT2D eigenvalue weighted by atomic mass is 35.5. The maximum absolute atomic E-state index is 14.4. The van der Waals surface area contributed by atoms with E-state index in [1.54, 1.807) is 17.4 Å².